The second-order valence-corrected chi connectivity index (χ2v) is 6.19. The van der Waals surface area contributed by atoms with Gasteiger partial charge in [-0.1, -0.05) is 48.0 Å². The number of aromatic nitrogens is 2. The van der Waals surface area contributed by atoms with Crippen LogP contribution in [0.5, 0.6) is 0 Å². The van der Waals surface area contributed by atoms with Gasteiger partial charge in [0.1, 0.15) is 5.69 Å². The van der Waals surface area contributed by atoms with Crippen LogP contribution in [-0.4, -0.2) is 9.55 Å². The summed E-state index contributed by atoms with van der Waals surface area (Å²) < 4.78 is 1.72. The van der Waals surface area contributed by atoms with Crippen molar-refractivity contribution in [2.45, 2.75) is 12.3 Å². The van der Waals surface area contributed by atoms with E-state index in [4.69, 9.17) is 11.6 Å². The number of allylic oxidation sites excluding steroid dienone is 4. The summed E-state index contributed by atoms with van der Waals surface area (Å²) in [6.07, 6.45) is 8.85. The van der Waals surface area contributed by atoms with Crippen LogP contribution in [0.3, 0.4) is 0 Å². The molecule has 0 saturated carbocycles. The van der Waals surface area contributed by atoms with Gasteiger partial charge in [0.05, 0.1) is 11.0 Å². The summed E-state index contributed by atoms with van der Waals surface area (Å²) in [5, 5.41) is 0.644. The van der Waals surface area contributed by atoms with Crippen LogP contribution in [-0.2, 0) is 0 Å². The van der Waals surface area contributed by atoms with Gasteiger partial charge in [-0.2, -0.15) is 0 Å². The van der Waals surface area contributed by atoms with Gasteiger partial charge in [0.25, 0.3) is 5.56 Å². The Labute approximate surface area is 144 Å². The van der Waals surface area contributed by atoms with Crippen LogP contribution < -0.4 is 5.56 Å². The van der Waals surface area contributed by atoms with E-state index in [2.05, 4.69) is 11.1 Å². The van der Waals surface area contributed by atoms with E-state index in [-0.39, 0.29) is 11.5 Å². The first-order valence-corrected chi connectivity index (χ1v) is 8.23. The predicted molar refractivity (Wildman–Crippen MR) is 98.0 cm³/mol. The minimum atomic E-state index is -0.0824. The third-order valence-electron chi connectivity index (χ3n) is 4.20. The first-order chi connectivity index (χ1) is 11.7. The van der Waals surface area contributed by atoms with Gasteiger partial charge < -0.3 is 0 Å². The molecule has 0 fully saturated rings. The lowest BCUT2D eigenvalue weighted by Crippen LogP contribution is -2.26. The Hall–Kier alpha value is -2.65. The van der Waals surface area contributed by atoms with Gasteiger partial charge in [-0.25, -0.2) is 4.98 Å². The average molecular weight is 335 g/mol. The minimum Gasteiger partial charge on any atom is -0.274 e. The molecule has 3 nitrogen and oxygen atoms in total. The lowest BCUT2D eigenvalue weighted by atomic mass is 9.97. The molecule has 4 heteroatoms. The minimum absolute atomic E-state index is 0.00524. The highest BCUT2D eigenvalue weighted by Gasteiger charge is 2.19. The van der Waals surface area contributed by atoms with Crippen LogP contribution >= 0.6 is 11.6 Å². The molecular formula is C20H15ClN2O. The summed E-state index contributed by atoms with van der Waals surface area (Å²) in [6.45, 7) is 0. The monoisotopic (exact) mass is 334 g/mol. The molecule has 1 aliphatic rings. The lowest BCUT2D eigenvalue weighted by Gasteiger charge is -2.16. The third-order valence-corrected chi connectivity index (χ3v) is 4.45. The van der Waals surface area contributed by atoms with E-state index in [1.807, 2.05) is 54.6 Å². The maximum Gasteiger partial charge on any atom is 0.277 e. The van der Waals surface area contributed by atoms with Gasteiger partial charge >= 0.3 is 0 Å². The van der Waals surface area contributed by atoms with E-state index in [0.29, 0.717) is 10.7 Å². The number of para-hydroxylation sites is 2. The highest BCUT2D eigenvalue weighted by Crippen LogP contribution is 2.24. The number of rotatable bonds is 2. The van der Waals surface area contributed by atoms with Crippen molar-refractivity contribution < 1.29 is 0 Å². The molecule has 0 aliphatic heterocycles. The van der Waals surface area contributed by atoms with Crippen LogP contribution in [0.1, 0.15) is 18.0 Å². The highest BCUT2D eigenvalue weighted by atomic mass is 35.5. The summed E-state index contributed by atoms with van der Waals surface area (Å²) in [4.78, 5) is 17.8. The molecule has 0 amide bonds. The van der Waals surface area contributed by atoms with E-state index < -0.39 is 0 Å². The zero-order valence-corrected chi connectivity index (χ0v) is 13.6. The molecule has 3 aromatic rings. The molecule has 1 aromatic heterocycles. The first kappa shape index (κ1) is 14.9. The Morgan fingerprint density at radius 3 is 2.58 bits per heavy atom. The van der Waals surface area contributed by atoms with Crippen molar-refractivity contribution in [1.29, 1.82) is 0 Å². The molecule has 1 atom stereocenters. The van der Waals surface area contributed by atoms with Crippen molar-refractivity contribution >= 4 is 22.6 Å². The summed E-state index contributed by atoms with van der Waals surface area (Å²) in [7, 11) is 0. The fraction of sp³-hybridized carbons (Fsp3) is 0.100. The normalized spacial score (nSPS) is 16.6. The summed E-state index contributed by atoms with van der Waals surface area (Å²) >= 11 is 5.99. The van der Waals surface area contributed by atoms with Crippen LogP contribution in [0.15, 0.2) is 77.6 Å². The van der Waals surface area contributed by atoms with Crippen LogP contribution in [0.25, 0.3) is 16.7 Å². The quantitative estimate of drug-likeness (QED) is 0.684. The fourth-order valence-corrected chi connectivity index (χ4v) is 3.15. The molecule has 0 spiro atoms. The molecule has 4 rings (SSSR count). The van der Waals surface area contributed by atoms with Crippen molar-refractivity contribution in [2.75, 3.05) is 0 Å². The van der Waals surface area contributed by atoms with Crippen molar-refractivity contribution in [1.82, 2.24) is 9.55 Å². The number of hydrogen-bond acceptors (Lipinski definition) is 2. The zero-order valence-electron chi connectivity index (χ0n) is 12.9. The maximum absolute atomic E-state index is 13.2. The van der Waals surface area contributed by atoms with Crippen molar-refractivity contribution in [2.24, 2.45) is 0 Å². The third kappa shape index (κ3) is 2.57. The molecule has 0 N–H and O–H groups in total. The van der Waals surface area contributed by atoms with Crippen molar-refractivity contribution in [3.63, 3.8) is 0 Å². The van der Waals surface area contributed by atoms with Gasteiger partial charge in [0.15, 0.2) is 0 Å². The Balaban J connectivity index is 2.01. The van der Waals surface area contributed by atoms with E-state index >= 15 is 0 Å². The Bertz CT molecular complexity index is 1020. The van der Waals surface area contributed by atoms with Gasteiger partial charge in [-0.15, -0.1) is 0 Å². The standard InChI is InChI=1S/C20H15ClN2O/c21-15-10-12-16(13-11-15)23-18-9-5-4-8-17(18)22-19(20(23)24)14-6-2-1-3-7-14/h1-6,8-14H,7H2. The van der Waals surface area contributed by atoms with Crippen molar-refractivity contribution in [3.8, 4) is 5.69 Å². The van der Waals surface area contributed by atoms with Gasteiger partial charge in [0, 0.05) is 16.6 Å². The van der Waals surface area contributed by atoms with Crippen LogP contribution in [0.4, 0.5) is 0 Å². The first-order valence-electron chi connectivity index (χ1n) is 7.85. The van der Waals surface area contributed by atoms with Gasteiger partial charge in [0.2, 0.25) is 0 Å². The largest absolute Gasteiger partial charge is 0.277 e. The second kappa shape index (κ2) is 6.10. The SMILES string of the molecule is O=c1c(C2C=CC=CC2)nc2ccccc2n1-c1ccc(Cl)cc1. The lowest BCUT2D eigenvalue weighted by molar-refractivity contribution is 0.786. The molecule has 2 aromatic carbocycles. The highest BCUT2D eigenvalue weighted by molar-refractivity contribution is 6.30. The van der Waals surface area contributed by atoms with Gasteiger partial charge in [-0.3, -0.25) is 9.36 Å². The molecule has 1 unspecified atom stereocenters. The molecule has 1 aliphatic carbocycles. The molecule has 24 heavy (non-hydrogen) atoms. The summed E-state index contributed by atoms with van der Waals surface area (Å²) in [6, 6.07) is 15.0. The van der Waals surface area contributed by atoms with E-state index in [9.17, 15) is 4.79 Å². The molecule has 118 valence electrons. The van der Waals surface area contributed by atoms with Crippen molar-refractivity contribution in [3.05, 3.63) is 93.9 Å². The predicted octanol–water partition coefficient (Wildman–Crippen LogP) is 4.64. The van der Waals surface area contributed by atoms with E-state index in [1.54, 1.807) is 16.7 Å². The molecular weight excluding hydrogens is 320 g/mol. The van der Waals surface area contributed by atoms with E-state index in [0.717, 1.165) is 23.1 Å². The molecule has 0 saturated heterocycles. The number of fused-ring (bicyclic) bond motifs is 1. The number of benzene rings is 2. The fourth-order valence-electron chi connectivity index (χ4n) is 3.02. The average Bonchev–Trinajstić information content (AvgIpc) is 2.63. The van der Waals surface area contributed by atoms with Crippen LogP contribution in [0.2, 0.25) is 5.02 Å². The number of nitrogens with zero attached hydrogens (tertiary/aromatic N) is 2. The molecule has 0 radical (unpaired) electrons. The zero-order chi connectivity index (χ0) is 16.5. The summed E-state index contributed by atoms with van der Waals surface area (Å²) in [5.74, 6) is 0.00524. The number of hydrogen-bond donors (Lipinski definition) is 0. The maximum atomic E-state index is 13.2. The number of halogens is 1. The van der Waals surface area contributed by atoms with Crippen LogP contribution in [0, 0.1) is 0 Å². The Morgan fingerprint density at radius 2 is 1.83 bits per heavy atom. The smallest absolute Gasteiger partial charge is 0.274 e. The summed E-state index contributed by atoms with van der Waals surface area (Å²) in [5.41, 5.74) is 2.89. The topological polar surface area (TPSA) is 34.9 Å². The Kier molecular flexibility index (Phi) is 3.79. The molecule has 0 bridgehead atoms. The van der Waals surface area contributed by atoms with E-state index in [1.165, 1.54) is 0 Å². The van der Waals surface area contributed by atoms with Gasteiger partial charge in [-0.05, 0) is 42.8 Å². The molecule has 1 heterocycles. The Morgan fingerprint density at radius 1 is 1.04 bits per heavy atom. The second-order valence-electron chi connectivity index (χ2n) is 5.76.